The van der Waals surface area contributed by atoms with Crippen molar-refractivity contribution in [2.75, 3.05) is 12.4 Å². The van der Waals surface area contributed by atoms with E-state index in [2.05, 4.69) is 43.3 Å². The summed E-state index contributed by atoms with van der Waals surface area (Å²) in [5, 5.41) is 13.2. The van der Waals surface area contributed by atoms with E-state index in [0.717, 1.165) is 24.5 Å². The molecule has 0 aliphatic carbocycles. The number of carbonyl (C=O) groups excluding carboxylic acids is 1. The summed E-state index contributed by atoms with van der Waals surface area (Å²) in [6, 6.07) is 15.6. The Morgan fingerprint density at radius 2 is 2.00 bits per heavy atom. The van der Waals surface area contributed by atoms with Crippen molar-refractivity contribution in [2.24, 2.45) is 0 Å². The number of carbonyl (C=O) groups is 1. The molecule has 2 heterocycles. The monoisotopic (exact) mass is 487 g/mol. The summed E-state index contributed by atoms with van der Waals surface area (Å²) >= 11 is 6.56. The molecule has 2 aromatic heterocycles. The predicted octanol–water partition coefficient (Wildman–Crippen LogP) is 5.57. The number of hydrogen-bond donors (Lipinski definition) is 2. The van der Waals surface area contributed by atoms with Crippen LogP contribution < -0.4 is 10.1 Å². The van der Waals surface area contributed by atoms with Crippen LogP contribution in [0.3, 0.4) is 0 Å². The number of hydrogen-bond acceptors (Lipinski definition) is 7. The average molecular weight is 488 g/mol. The number of fused-ring (bicyclic) bond motifs is 1. The van der Waals surface area contributed by atoms with Crippen LogP contribution in [0.2, 0.25) is 0 Å². The summed E-state index contributed by atoms with van der Waals surface area (Å²) in [7, 11) is 1.41. The standard InChI is InChI=1S/C20H14BrN3O3S2/c1-27-14-7-8-22-17(18(14)25)19(26)24-20-23-16-13(21)9-12(10-15(16)29-20)28-11-5-3-2-4-6-11/h2-10,25H,1H3,(H,23,24,26). The van der Waals surface area contributed by atoms with Gasteiger partial charge in [-0.1, -0.05) is 41.3 Å². The summed E-state index contributed by atoms with van der Waals surface area (Å²) in [6.07, 6.45) is 1.40. The van der Waals surface area contributed by atoms with Crippen LogP contribution in [0.15, 0.2) is 69.0 Å². The molecule has 0 saturated carbocycles. The summed E-state index contributed by atoms with van der Waals surface area (Å²) in [5.41, 5.74) is 0.633. The number of aromatic hydroxyl groups is 1. The lowest BCUT2D eigenvalue weighted by atomic mass is 10.3. The van der Waals surface area contributed by atoms with Gasteiger partial charge >= 0.3 is 0 Å². The smallest absolute Gasteiger partial charge is 0.280 e. The molecule has 0 spiro atoms. The van der Waals surface area contributed by atoms with Gasteiger partial charge < -0.3 is 9.84 Å². The molecule has 0 atom stereocenters. The van der Waals surface area contributed by atoms with Gasteiger partial charge in [-0.15, -0.1) is 0 Å². The van der Waals surface area contributed by atoms with Gasteiger partial charge in [-0.3, -0.25) is 10.1 Å². The van der Waals surface area contributed by atoms with Crippen molar-refractivity contribution >= 4 is 60.3 Å². The Morgan fingerprint density at radius 1 is 1.21 bits per heavy atom. The minimum Gasteiger partial charge on any atom is -0.503 e. The van der Waals surface area contributed by atoms with E-state index in [4.69, 9.17) is 4.74 Å². The first kappa shape index (κ1) is 19.7. The fourth-order valence-corrected chi connectivity index (χ4v) is 5.38. The Balaban J connectivity index is 1.60. The SMILES string of the molecule is COc1ccnc(C(=O)Nc2nc3c(Br)cc(Sc4ccccc4)cc3s2)c1O. The largest absolute Gasteiger partial charge is 0.503 e. The lowest BCUT2D eigenvalue weighted by molar-refractivity contribution is 0.101. The molecule has 146 valence electrons. The highest BCUT2D eigenvalue weighted by atomic mass is 79.9. The molecule has 0 aliphatic rings. The van der Waals surface area contributed by atoms with Crippen molar-refractivity contribution in [3.8, 4) is 11.5 Å². The van der Waals surface area contributed by atoms with E-state index in [-0.39, 0.29) is 17.2 Å². The van der Waals surface area contributed by atoms with Gasteiger partial charge in [0.1, 0.15) is 0 Å². The topological polar surface area (TPSA) is 84.3 Å². The summed E-state index contributed by atoms with van der Waals surface area (Å²) in [4.78, 5) is 23.2. The third-order valence-corrected chi connectivity index (χ3v) is 6.45. The van der Waals surface area contributed by atoms with Gasteiger partial charge in [-0.25, -0.2) is 9.97 Å². The first-order chi connectivity index (χ1) is 14.0. The normalized spacial score (nSPS) is 10.8. The van der Waals surface area contributed by atoms with E-state index in [1.54, 1.807) is 11.8 Å². The number of halogens is 1. The maximum atomic E-state index is 12.5. The highest BCUT2D eigenvalue weighted by Gasteiger charge is 2.19. The van der Waals surface area contributed by atoms with E-state index in [0.29, 0.717) is 5.13 Å². The summed E-state index contributed by atoms with van der Waals surface area (Å²) in [6.45, 7) is 0. The van der Waals surface area contributed by atoms with E-state index >= 15 is 0 Å². The molecular weight excluding hydrogens is 474 g/mol. The summed E-state index contributed by atoms with van der Waals surface area (Å²) in [5.74, 6) is -0.688. The minimum atomic E-state index is -0.560. The van der Waals surface area contributed by atoms with Gasteiger partial charge in [0.2, 0.25) is 0 Å². The molecule has 0 bridgehead atoms. The van der Waals surface area contributed by atoms with Crippen molar-refractivity contribution in [1.82, 2.24) is 9.97 Å². The predicted molar refractivity (Wildman–Crippen MR) is 118 cm³/mol. The zero-order chi connectivity index (χ0) is 20.4. The molecule has 0 aliphatic heterocycles. The number of anilines is 1. The number of methoxy groups -OCH3 is 1. The third-order valence-electron chi connectivity index (χ3n) is 3.94. The number of aromatic nitrogens is 2. The van der Waals surface area contributed by atoms with Crippen LogP contribution in [0, 0.1) is 0 Å². The molecule has 4 aromatic rings. The molecule has 9 heteroatoms. The Bertz CT molecular complexity index is 1200. The summed E-state index contributed by atoms with van der Waals surface area (Å²) < 4.78 is 6.79. The molecular formula is C20H14BrN3O3S2. The van der Waals surface area contributed by atoms with Crippen molar-refractivity contribution in [3.05, 3.63) is 64.9 Å². The first-order valence-corrected chi connectivity index (χ1v) is 10.8. The van der Waals surface area contributed by atoms with Crippen LogP contribution in [-0.2, 0) is 0 Å². The number of nitrogens with one attached hydrogen (secondary N) is 1. The number of thiazole rings is 1. The van der Waals surface area contributed by atoms with Gasteiger partial charge in [0.05, 0.1) is 17.3 Å². The van der Waals surface area contributed by atoms with Crippen LogP contribution in [0.5, 0.6) is 11.5 Å². The molecule has 0 saturated heterocycles. The highest BCUT2D eigenvalue weighted by molar-refractivity contribution is 9.10. The molecule has 4 rings (SSSR count). The Labute approximate surface area is 183 Å². The molecule has 6 nitrogen and oxygen atoms in total. The number of rotatable bonds is 5. The lowest BCUT2D eigenvalue weighted by Gasteiger charge is -2.06. The van der Waals surface area contributed by atoms with Crippen molar-refractivity contribution < 1.29 is 14.6 Å². The highest BCUT2D eigenvalue weighted by Crippen LogP contribution is 2.38. The van der Waals surface area contributed by atoms with Crippen LogP contribution in [-0.4, -0.2) is 28.1 Å². The van der Waals surface area contributed by atoms with E-state index in [1.165, 1.54) is 30.7 Å². The number of pyridine rings is 1. The molecule has 29 heavy (non-hydrogen) atoms. The third kappa shape index (κ3) is 4.21. The lowest BCUT2D eigenvalue weighted by Crippen LogP contribution is -2.13. The van der Waals surface area contributed by atoms with E-state index in [1.807, 2.05) is 30.3 Å². The maximum Gasteiger partial charge on any atom is 0.280 e. The molecule has 0 fully saturated rings. The van der Waals surface area contributed by atoms with Crippen molar-refractivity contribution in [3.63, 3.8) is 0 Å². The second kappa shape index (κ2) is 8.40. The Hall–Kier alpha value is -2.62. The Morgan fingerprint density at radius 3 is 2.76 bits per heavy atom. The molecule has 0 unspecified atom stereocenters. The number of nitrogens with zero attached hydrogens (tertiary/aromatic N) is 2. The van der Waals surface area contributed by atoms with Gasteiger partial charge in [0.15, 0.2) is 22.3 Å². The zero-order valence-corrected chi connectivity index (χ0v) is 18.3. The number of amides is 1. The van der Waals surface area contributed by atoms with Gasteiger partial charge in [-0.2, -0.15) is 0 Å². The number of ether oxygens (including phenoxy) is 1. The van der Waals surface area contributed by atoms with Crippen molar-refractivity contribution in [2.45, 2.75) is 9.79 Å². The van der Waals surface area contributed by atoms with Crippen LogP contribution in [0.25, 0.3) is 10.2 Å². The van der Waals surface area contributed by atoms with Crippen LogP contribution in [0.4, 0.5) is 5.13 Å². The minimum absolute atomic E-state index is 0.122. The fourth-order valence-electron chi connectivity index (χ4n) is 2.63. The number of benzene rings is 2. The molecule has 0 radical (unpaired) electrons. The maximum absolute atomic E-state index is 12.5. The van der Waals surface area contributed by atoms with Gasteiger partial charge in [0, 0.05) is 26.5 Å². The van der Waals surface area contributed by atoms with E-state index < -0.39 is 5.91 Å². The molecule has 2 N–H and O–H groups in total. The van der Waals surface area contributed by atoms with Crippen LogP contribution >= 0.6 is 39.0 Å². The van der Waals surface area contributed by atoms with Gasteiger partial charge in [-0.05, 0) is 40.2 Å². The zero-order valence-electron chi connectivity index (χ0n) is 15.0. The fraction of sp³-hybridized carbons (Fsp3) is 0.0500. The Kier molecular flexibility index (Phi) is 5.70. The first-order valence-electron chi connectivity index (χ1n) is 8.41. The van der Waals surface area contributed by atoms with Gasteiger partial charge in [0.25, 0.3) is 5.91 Å². The second-order valence-corrected chi connectivity index (χ2v) is 8.88. The molecule has 2 aromatic carbocycles. The quantitative estimate of drug-likeness (QED) is 0.382. The average Bonchev–Trinajstić information content (AvgIpc) is 3.12. The van der Waals surface area contributed by atoms with Crippen LogP contribution in [0.1, 0.15) is 10.5 Å². The van der Waals surface area contributed by atoms with E-state index in [9.17, 15) is 9.90 Å². The molecule has 1 amide bonds. The second-order valence-electron chi connectivity index (χ2n) is 5.85. The van der Waals surface area contributed by atoms with Crippen molar-refractivity contribution in [1.29, 1.82) is 0 Å².